The van der Waals surface area contributed by atoms with Gasteiger partial charge < -0.3 is 21.3 Å². The summed E-state index contributed by atoms with van der Waals surface area (Å²) in [4.78, 5) is 16.3. The van der Waals surface area contributed by atoms with Gasteiger partial charge in [-0.1, -0.05) is 11.6 Å². The monoisotopic (exact) mass is 392 g/mol. The maximum atomic E-state index is 13.0. The zero-order chi connectivity index (χ0) is 19.6. The zero-order valence-corrected chi connectivity index (χ0v) is 15.6. The summed E-state index contributed by atoms with van der Waals surface area (Å²) < 4.78 is 39.1. The third-order valence-corrected chi connectivity index (χ3v) is 5.09. The van der Waals surface area contributed by atoms with Crippen LogP contribution in [0.3, 0.4) is 0 Å². The molecular weight excluding hydrogens is 369 g/mol. The van der Waals surface area contributed by atoms with Crippen molar-refractivity contribution in [1.82, 2.24) is 9.80 Å². The van der Waals surface area contributed by atoms with E-state index in [-0.39, 0.29) is 22.9 Å². The van der Waals surface area contributed by atoms with Gasteiger partial charge in [-0.25, -0.2) is 0 Å². The molecule has 1 aliphatic heterocycles. The molecule has 0 radical (unpaired) electrons. The lowest BCUT2D eigenvalue weighted by atomic mass is 9.99. The lowest BCUT2D eigenvalue weighted by molar-refractivity contribution is -0.137. The molecule has 1 aromatic carbocycles. The van der Waals surface area contributed by atoms with Crippen molar-refractivity contribution in [2.75, 3.05) is 32.9 Å². The predicted octanol–water partition coefficient (Wildman–Crippen LogP) is 2.36. The summed E-state index contributed by atoms with van der Waals surface area (Å²) in [5.41, 5.74) is 10.1. The molecule has 26 heavy (non-hydrogen) atoms. The molecule has 0 aliphatic carbocycles. The smallest absolute Gasteiger partial charge is 0.397 e. The predicted molar refractivity (Wildman–Crippen MR) is 95.8 cm³/mol. The second kappa shape index (κ2) is 8.02. The molecule has 2 rings (SSSR count). The van der Waals surface area contributed by atoms with Gasteiger partial charge in [-0.3, -0.25) is 4.79 Å². The van der Waals surface area contributed by atoms with Crippen molar-refractivity contribution in [3.05, 3.63) is 28.3 Å². The molecule has 1 amide bonds. The van der Waals surface area contributed by atoms with Gasteiger partial charge in [0.05, 0.1) is 22.3 Å². The van der Waals surface area contributed by atoms with Crippen LogP contribution in [0.15, 0.2) is 12.1 Å². The topological polar surface area (TPSA) is 75.6 Å². The molecular formula is C17H24ClF3N4O. The molecule has 0 spiro atoms. The molecule has 0 unspecified atom stereocenters. The minimum Gasteiger partial charge on any atom is -0.397 e. The number of anilines is 1. The molecule has 1 aromatic rings. The second-order valence-electron chi connectivity index (χ2n) is 6.87. The summed E-state index contributed by atoms with van der Waals surface area (Å²) >= 11 is 5.82. The number of carbonyl (C=O) groups is 1. The summed E-state index contributed by atoms with van der Waals surface area (Å²) in [5, 5.41) is -0.193. The third-order valence-electron chi connectivity index (χ3n) is 4.77. The van der Waals surface area contributed by atoms with Gasteiger partial charge in [0.15, 0.2) is 0 Å². The Morgan fingerprint density at radius 3 is 2.42 bits per heavy atom. The van der Waals surface area contributed by atoms with Gasteiger partial charge in [0.2, 0.25) is 5.91 Å². The first-order valence-corrected chi connectivity index (χ1v) is 8.74. The van der Waals surface area contributed by atoms with Gasteiger partial charge in [0, 0.05) is 19.1 Å². The van der Waals surface area contributed by atoms with Crippen molar-refractivity contribution in [1.29, 1.82) is 0 Å². The van der Waals surface area contributed by atoms with Crippen molar-refractivity contribution in [3.63, 3.8) is 0 Å². The maximum Gasteiger partial charge on any atom is 0.418 e. The first kappa shape index (κ1) is 20.8. The standard InChI is InChI=1S/C17H24ClF3N4O/c1-24(2)11-3-5-25(6-4-11)16(26)14(22)9-10-7-12(17(19,20)21)15(23)13(18)8-10/h7-8,11,14H,3-6,9,22-23H2,1-2H3/t14-/m1/s1. The minimum absolute atomic E-state index is 0.0322. The molecule has 5 nitrogen and oxygen atoms in total. The van der Waals surface area contributed by atoms with Crippen molar-refractivity contribution >= 4 is 23.2 Å². The van der Waals surface area contributed by atoms with E-state index >= 15 is 0 Å². The SMILES string of the molecule is CN(C)C1CCN(C(=O)[C@H](N)Cc2cc(Cl)c(N)c(C(F)(F)F)c2)CC1. The van der Waals surface area contributed by atoms with E-state index in [0.29, 0.717) is 19.1 Å². The van der Waals surface area contributed by atoms with Gasteiger partial charge in [0.25, 0.3) is 0 Å². The number of hydrogen-bond acceptors (Lipinski definition) is 4. The van der Waals surface area contributed by atoms with Gasteiger partial charge >= 0.3 is 6.18 Å². The zero-order valence-electron chi connectivity index (χ0n) is 14.8. The summed E-state index contributed by atoms with van der Waals surface area (Å²) in [7, 11) is 3.99. The number of carbonyl (C=O) groups excluding carboxylic acids is 1. The molecule has 4 N–H and O–H groups in total. The summed E-state index contributed by atoms with van der Waals surface area (Å²) in [5.74, 6) is -0.260. The van der Waals surface area contributed by atoms with Crippen molar-refractivity contribution in [2.45, 2.75) is 37.5 Å². The number of nitrogens with two attached hydrogens (primary N) is 2. The highest BCUT2D eigenvalue weighted by molar-refractivity contribution is 6.33. The average molecular weight is 393 g/mol. The van der Waals surface area contributed by atoms with Crippen LogP contribution in [0.1, 0.15) is 24.0 Å². The van der Waals surface area contributed by atoms with E-state index in [1.807, 2.05) is 14.1 Å². The molecule has 0 saturated carbocycles. The van der Waals surface area contributed by atoms with Crippen molar-refractivity contribution in [2.24, 2.45) is 5.73 Å². The van der Waals surface area contributed by atoms with Crippen LogP contribution in [0.25, 0.3) is 0 Å². The molecule has 0 bridgehead atoms. The highest BCUT2D eigenvalue weighted by Crippen LogP contribution is 2.38. The molecule has 0 aromatic heterocycles. The Morgan fingerprint density at radius 1 is 1.35 bits per heavy atom. The Bertz CT molecular complexity index is 658. The lowest BCUT2D eigenvalue weighted by Crippen LogP contribution is -2.50. The Balaban J connectivity index is 2.07. The lowest BCUT2D eigenvalue weighted by Gasteiger charge is -2.36. The van der Waals surface area contributed by atoms with Crippen LogP contribution in [0.5, 0.6) is 0 Å². The largest absolute Gasteiger partial charge is 0.418 e. The van der Waals surface area contributed by atoms with E-state index in [0.717, 1.165) is 18.9 Å². The number of nitrogen functional groups attached to an aromatic ring is 1. The van der Waals surface area contributed by atoms with Crippen LogP contribution in [0, 0.1) is 0 Å². The van der Waals surface area contributed by atoms with E-state index in [9.17, 15) is 18.0 Å². The van der Waals surface area contributed by atoms with E-state index < -0.39 is 23.5 Å². The number of amides is 1. The van der Waals surface area contributed by atoms with Gasteiger partial charge in [-0.15, -0.1) is 0 Å². The fourth-order valence-electron chi connectivity index (χ4n) is 3.20. The number of benzene rings is 1. The molecule has 146 valence electrons. The third kappa shape index (κ3) is 4.81. The molecule has 1 fully saturated rings. The number of rotatable bonds is 4. The second-order valence-corrected chi connectivity index (χ2v) is 7.27. The normalized spacial score (nSPS) is 17.6. The van der Waals surface area contributed by atoms with Crippen LogP contribution in [-0.2, 0) is 17.4 Å². The van der Waals surface area contributed by atoms with Gasteiger partial charge in [-0.05, 0) is 51.1 Å². The van der Waals surface area contributed by atoms with Crippen LogP contribution in [0.4, 0.5) is 18.9 Å². The average Bonchev–Trinajstić information content (AvgIpc) is 2.56. The van der Waals surface area contributed by atoms with E-state index in [1.165, 1.54) is 6.07 Å². The fraction of sp³-hybridized carbons (Fsp3) is 0.588. The van der Waals surface area contributed by atoms with Crippen LogP contribution in [-0.4, -0.2) is 55.0 Å². The van der Waals surface area contributed by atoms with E-state index in [2.05, 4.69) is 4.90 Å². The Morgan fingerprint density at radius 2 is 1.92 bits per heavy atom. The number of halogens is 4. The first-order valence-electron chi connectivity index (χ1n) is 8.36. The number of nitrogens with zero attached hydrogens (tertiary/aromatic N) is 2. The summed E-state index contributed by atoms with van der Waals surface area (Å²) in [6.07, 6.45) is -2.96. The first-order chi connectivity index (χ1) is 12.0. The molecule has 9 heteroatoms. The Hall–Kier alpha value is -1.51. The molecule has 1 aliphatic rings. The minimum atomic E-state index is -4.62. The molecule has 1 saturated heterocycles. The highest BCUT2D eigenvalue weighted by Gasteiger charge is 2.35. The van der Waals surface area contributed by atoms with Crippen molar-refractivity contribution in [3.8, 4) is 0 Å². The number of alkyl halides is 3. The van der Waals surface area contributed by atoms with Crippen LogP contribution in [0.2, 0.25) is 5.02 Å². The quantitative estimate of drug-likeness (QED) is 0.771. The highest BCUT2D eigenvalue weighted by atomic mass is 35.5. The molecule has 1 atom stereocenters. The Labute approximate surface area is 156 Å². The molecule has 1 heterocycles. The fourth-order valence-corrected chi connectivity index (χ4v) is 3.45. The number of likely N-dealkylation sites (tertiary alicyclic amines) is 1. The maximum absolute atomic E-state index is 13.0. The van der Waals surface area contributed by atoms with Crippen LogP contribution < -0.4 is 11.5 Å². The van der Waals surface area contributed by atoms with E-state index in [1.54, 1.807) is 4.90 Å². The Kier molecular flexibility index (Phi) is 6.42. The van der Waals surface area contributed by atoms with Crippen LogP contribution >= 0.6 is 11.6 Å². The van der Waals surface area contributed by atoms with Gasteiger partial charge in [-0.2, -0.15) is 13.2 Å². The van der Waals surface area contributed by atoms with Crippen molar-refractivity contribution < 1.29 is 18.0 Å². The van der Waals surface area contributed by atoms with E-state index in [4.69, 9.17) is 23.1 Å². The van der Waals surface area contributed by atoms with Gasteiger partial charge in [0.1, 0.15) is 0 Å². The number of piperidine rings is 1. The summed E-state index contributed by atoms with van der Waals surface area (Å²) in [6, 6.07) is 1.73. The number of hydrogen-bond donors (Lipinski definition) is 2. The summed E-state index contributed by atoms with van der Waals surface area (Å²) in [6.45, 7) is 1.18.